The van der Waals surface area contributed by atoms with E-state index >= 15 is 0 Å². The van der Waals surface area contributed by atoms with Crippen LogP contribution in [0.2, 0.25) is 0 Å². The molecule has 4 nitrogen and oxygen atoms in total. The molecule has 2 aliphatic carbocycles. The highest BCUT2D eigenvalue weighted by Crippen LogP contribution is 2.34. The number of benzene rings is 1. The van der Waals surface area contributed by atoms with E-state index in [4.69, 9.17) is 5.73 Å². The summed E-state index contributed by atoms with van der Waals surface area (Å²) in [5, 5.41) is 0. The second-order valence-electron chi connectivity index (χ2n) is 7.55. The summed E-state index contributed by atoms with van der Waals surface area (Å²) in [5.74, 6) is 0.546. The molecule has 1 aliphatic heterocycles. The molecule has 0 radical (unpaired) electrons. The molecular weight excluding hydrogens is 322 g/mol. The van der Waals surface area contributed by atoms with Gasteiger partial charge in [0.15, 0.2) is 0 Å². The van der Waals surface area contributed by atoms with Crippen molar-refractivity contribution in [3.8, 4) is 0 Å². The van der Waals surface area contributed by atoms with Crippen LogP contribution in [0.1, 0.15) is 44.1 Å². The molecule has 0 bridgehead atoms. The van der Waals surface area contributed by atoms with Gasteiger partial charge in [-0.2, -0.15) is 0 Å². The first-order valence-corrected chi connectivity index (χ1v) is 9.82. The van der Waals surface area contributed by atoms with Crippen LogP contribution in [0.4, 0.5) is 5.69 Å². The number of ketones is 1. The van der Waals surface area contributed by atoms with Gasteiger partial charge in [0.1, 0.15) is 6.04 Å². The Morgan fingerprint density at radius 1 is 1.08 bits per heavy atom. The Balaban J connectivity index is 1.69. The molecule has 1 atom stereocenters. The summed E-state index contributed by atoms with van der Waals surface area (Å²) in [5.41, 5.74) is 9.98. The lowest BCUT2D eigenvalue weighted by atomic mass is 9.85. The van der Waals surface area contributed by atoms with Crippen LogP contribution in [0.5, 0.6) is 0 Å². The fourth-order valence-electron chi connectivity index (χ4n) is 4.42. The number of para-hydroxylation sites is 1. The van der Waals surface area contributed by atoms with Gasteiger partial charge in [0.2, 0.25) is 5.78 Å². The molecule has 1 fully saturated rings. The van der Waals surface area contributed by atoms with Crippen molar-refractivity contribution in [2.45, 2.75) is 44.6 Å². The van der Waals surface area contributed by atoms with E-state index < -0.39 is 0 Å². The predicted octanol–water partition coefficient (Wildman–Crippen LogP) is 3.62. The van der Waals surface area contributed by atoms with Gasteiger partial charge in [0, 0.05) is 24.0 Å². The Morgan fingerprint density at radius 2 is 1.85 bits per heavy atom. The Kier molecular flexibility index (Phi) is 4.91. The van der Waals surface area contributed by atoms with Crippen LogP contribution >= 0.6 is 0 Å². The molecule has 4 rings (SSSR count). The molecule has 1 aromatic rings. The summed E-state index contributed by atoms with van der Waals surface area (Å²) in [7, 11) is 0. The molecule has 26 heavy (non-hydrogen) atoms. The number of rotatable bonds is 2. The zero-order valence-electron chi connectivity index (χ0n) is 15.2. The van der Waals surface area contributed by atoms with E-state index in [1.54, 1.807) is 0 Å². The molecule has 1 aromatic carbocycles. The van der Waals surface area contributed by atoms with Crippen molar-refractivity contribution in [1.29, 1.82) is 0 Å². The van der Waals surface area contributed by atoms with Crippen molar-refractivity contribution >= 4 is 17.7 Å². The normalized spacial score (nSPS) is 24.4. The van der Waals surface area contributed by atoms with Crippen LogP contribution in [-0.4, -0.2) is 31.1 Å². The zero-order valence-corrected chi connectivity index (χ0v) is 15.2. The highest BCUT2D eigenvalue weighted by Gasteiger charge is 2.32. The largest absolute Gasteiger partial charge is 0.396 e. The number of fused-ring (bicyclic) bond motifs is 1. The maximum atomic E-state index is 12.9. The van der Waals surface area contributed by atoms with Crippen LogP contribution in [0.3, 0.4) is 0 Å². The minimum Gasteiger partial charge on any atom is -0.396 e. The first kappa shape index (κ1) is 17.1. The summed E-state index contributed by atoms with van der Waals surface area (Å²) < 4.78 is 0. The Hall–Kier alpha value is -2.36. The number of anilines is 1. The first-order valence-electron chi connectivity index (χ1n) is 9.82. The monoisotopic (exact) mass is 349 g/mol. The van der Waals surface area contributed by atoms with E-state index in [-0.39, 0.29) is 11.8 Å². The number of aliphatic imine (C=N–C) groups is 1. The summed E-state index contributed by atoms with van der Waals surface area (Å²) in [6.45, 7) is 1.42. The third kappa shape index (κ3) is 3.33. The van der Waals surface area contributed by atoms with Gasteiger partial charge < -0.3 is 10.6 Å². The molecule has 3 aliphatic rings. The van der Waals surface area contributed by atoms with Crippen LogP contribution in [0, 0.1) is 5.92 Å². The van der Waals surface area contributed by atoms with Gasteiger partial charge in [-0.1, -0.05) is 50.0 Å². The van der Waals surface area contributed by atoms with Gasteiger partial charge in [-0.15, -0.1) is 0 Å². The minimum absolute atomic E-state index is 0.0130. The number of nitrogens with zero attached hydrogens (tertiary/aromatic N) is 2. The van der Waals surface area contributed by atoms with Crippen LogP contribution in [-0.2, 0) is 4.79 Å². The minimum atomic E-state index is -0.318. The standard InChI is InChI=1S/C22H27N3O/c23-19-13-18(16-7-3-1-2-4-8-16)14-21(22(19)26)25-12-11-24-15-17-9-5-6-10-20(17)25/h5-6,9-10,13-16,21H,1-4,7-8,11-12,23H2. The zero-order chi connectivity index (χ0) is 17.9. The molecule has 1 unspecified atom stereocenters. The van der Waals surface area contributed by atoms with Gasteiger partial charge in [0.05, 0.1) is 12.2 Å². The maximum absolute atomic E-state index is 12.9. The maximum Gasteiger partial charge on any atom is 0.204 e. The number of carbonyl (C=O) groups is 1. The number of nitrogens with two attached hydrogens (primary N) is 1. The molecule has 2 N–H and O–H groups in total. The van der Waals surface area contributed by atoms with Crippen molar-refractivity contribution in [1.82, 2.24) is 0 Å². The Labute approximate surface area is 155 Å². The van der Waals surface area contributed by atoms with E-state index in [2.05, 4.69) is 28.1 Å². The van der Waals surface area contributed by atoms with E-state index in [0.29, 0.717) is 18.2 Å². The quantitative estimate of drug-likeness (QED) is 0.830. The topological polar surface area (TPSA) is 58.7 Å². The number of allylic oxidation sites excluding steroid dienone is 2. The molecule has 0 saturated heterocycles. The van der Waals surface area contributed by atoms with Gasteiger partial charge in [0.25, 0.3) is 0 Å². The Bertz CT molecular complexity index is 769. The highest BCUT2D eigenvalue weighted by molar-refractivity contribution is 6.04. The number of hydrogen-bond donors (Lipinski definition) is 1. The SMILES string of the molecule is NC1=CC(C2CCCCCC2)=CC(N2CCN=Cc3ccccc32)C1=O. The highest BCUT2D eigenvalue weighted by atomic mass is 16.1. The third-order valence-electron chi connectivity index (χ3n) is 5.83. The number of benzodiazepines with no additional fused rings is 1. The van der Waals surface area contributed by atoms with Crippen molar-refractivity contribution < 1.29 is 4.79 Å². The van der Waals surface area contributed by atoms with E-state index in [1.807, 2.05) is 24.4 Å². The number of hydrogen-bond acceptors (Lipinski definition) is 4. The smallest absolute Gasteiger partial charge is 0.204 e. The van der Waals surface area contributed by atoms with E-state index in [1.165, 1.54) is 44.1 Å². The second-order valence-corrected chi connectivity index (χ2v) is 7.55. The second kappa shape index (κ2) is 7.48. The molecule has 0 spiro atoms. The lowest BCUT2D eigenvalue weighted by Gasteiger charge is -2.34. The van der Waals surface area contributed by atoms with Gasteiger partial charge in [-0.25, -0.2) is 0 Å². The number of carbonyl (C=O) groups excluding carboxylic acids is 1. The molecule has 1 heterocycles. The fourth-order valence-corrected chi connectivity index (χ4v) is 4.42. The van der Waals surface area contributed by atoms with E-state index in [0.717, 1.165) is 17.8 Å². The summed E-state index contributed by atoms with van der Waals surface area (Å²) in [6, 6.07) is 7.85. The average molecular weight is 349 g/mol. The van der Waals surface area contributed by atoms with Crippen molar-refractivity contribution in [3.05, 3.63) is 53.3 Å². The summed E-state index contributed by atoms with van der Waals surface area (Å²) in [6.07, 6.45) is 13.6. The van der Waals surface area contributed by atoms with Gasteiger partial charge >= 0.3 is 0 Å². The average Bonchev–Trinajstić information content (AvgIpc) is 3.05. The molecular formula is C22H27N3O. The predicted molar refractivity (Wildman–Crippen MR) is 107 cm³/mol. The van der Waals surface area contributed by atoms with Crippen molar-refractivity contribution in [2.75, 3.05) is 18.0 Å². The lowest BCUT2D eigenvalue weighted by molar-refractivity contribution is -0.116. The molecule has 1 saturated carbocycles. The molecule has 0 amide bonds. The Morgan fingerprint density at radius 3 is 2.65 bits per heavy atom. The molecule has 0 aromatic heterocycles. The lowest BCUT2D eigenvalue weighted by Crippen LogP contribution is -2.45. The molecule has 4 heteroatoms. The van der Waals surface area contributed by atoms with Crippen LogP contribution in [0.25, 0.3) is 0 Å². The first-order chi connectivity index (χ1) is 12.7. The van der Waals surface area contributed by atoms with Crippen molar-refractivity contribution in [2.24, 2.45) is 16.6 Å². The van der Waals surface area contributed by atoms with Crippen molar-refractivity contribution in [3.63, 3.8) is 0 Å². The van der Waals surface area contributed by atoms with Crippen LogP contribution in [0.15, 0.2) is 52.7 Å². The van der Waals surface area contributed by atoms with E-state index in [9.17, 15) is 4.79 Å². The van der Waals surface area contributed by atoms with Gasteiger partial charge in [-0.3, -0.25) is 9.79 Å². The van der Waals surface area contributed by atoms with Crippen LogP contribution < -0.4 is 10.6 Å². The summed E-state index contributed by atoms with van der Waals surface area (Å²) >= 11 is 0. The summed E-state index contributed by atoms with van der Waals surface area (Å²) in [4.78, 5) is 19.6. The molecule has 136 valence electrons. The third-order valence-corrected chi connectivity index (χ3v) is 5.83. The van der Waals surface area contributed by atoms with Gasteiger partial charge in [-0.05, 0) is 36.5 Å². The number of Topliss-reactive ketones (excluding diaryl/α,β-unsaturated/α-hetero) is 1. The fraction of sp³-hybridized carbons (Fsp3) is 0.455.